The molecule has 2 aromatic heterocycles. The van der Waals surface area contributed by atoms with E-state index in [1.807, 2.05) is 0 Å². The SMILES string of the molecule is O=C(O)c1ccc2c(C(=O)O)cccc2n1.O=C(O)c1cnc(C(=O)O)c2ccccc12. The third-order valence-corrected chi connectivity index (χ3v) is 4.41. The van der Waals surface area contributed by atoms with Crippen molar-refractivity contribution in [1.29, 1.82) is 0 Å². The fourth-order valence-electron chi connectivity index (χ4n) is 2.99. The Morgan fingerprint density at radius 3 is 1.84 bits per heavy atom. The zero-order valence-corrected chi connectivity index (χ0v) is 16.1. The molecular formula is C22H14N2O8. The van der Waals surface area contributed by atoms with Crippen LogP contribution < -0.4 is 0 Å². The van der Waals surface area contributed by atoms with Gasteiger partial charge in [-0.1, -0.05) is 30.3 Å². The first-order valence-corrected chi connectivity index (χ1v) is 8.91. The van der Waals surface area contributed by atoms with Crippen LogP contribution in [0.4, 0.5) is 0 Å². The highest BCUT2D eigenvalue weighted by atomic mass is 16.4. The van der Waals surface area contributed by atoms with E-state index in [0.29, 0.717) is 21.7 Å². The van der Waals surface area contributed by atoms with E-state index in [9.17, 15) is 19.2 Å². The molecule has 0 fully saturated rings. The summed E-state index contributed by atoms with van der Waals surface area (Å²) in [5.41, 5.74) is 0.234. The molecule has 0 radical (unpaired) electrons. The Labute approximate surface area is 179 Å². The summed E-state index contributed by atoms with van der Waals surface area (Å²) in [6, 6.07) is 13.7. The van der Waals surface area contributed by atoms with E-state index in [1.54, 1.807) is 24.3 Å². The van der Waals surface area contributed by atoms with Gasteiger partial charge in [-0.2, -0.15) is 0 Å². The maximum absolute atomic E-state index is 10.9. The van der Waals surface area contributed by atoms with Crippen molar-refractivity contribution in [3.05, 3.63) is 83.3 Å². The maximum Gasteiger partial charge on any atom is 0.355 e. The molecule has 4 N–H and O–H groups in total. The van der Waals surface area contributed by atoms with Gasteiger partial charge in [-0.3, -0.25) is 0 Å². The number of hydrogen-bond acceptors (Lipinski definition) is 6. The van der Waals surface area contributed by atoms with Gasteiger partial charge in [0.2, 0.25) is 0 Å². The highest BCUT2D eigenvalue weighted by Crippen LogP contribution is 2.21. The molecular weight excluding hydrogens is 420 g/mol. The topological polar surface area (TPSA) is 175 Å². The van der Waals surface area contributed by atoms with Gasteiger partial charge >= 0.3 is 23.9 Å². The molecule has 10 heteroatoms. The van der Waals surface area contributed by atoms with E-state index >= 15 is 0 Å². The van der Waals surface area contributed by atoms with Gasteiger partial charge in [-0.25, -0.2) is 29.1 Å². The van der Waals surface area contributed by atoms with Crippen molar-refractivity contribution in [2.24, 2.45) is 0 Å². The number of nitrogens with zero attached hydrogens (tertiary/aromatic N) is 2. The van der Waals surface area contributed by atoms with Crippen molar-refractivity contribution in [3.63, 3.8) is 0 Å². The molecule has 32 heavy (non-hydrogen) atoms. The molecule has 0 atom stereocenters. The number of rotatable bonds is 4. The van der Waals surface area contributed by atoms with Gasteiger partial charge in [0.05, 0.1) is 16.6 Å². The Bertz CT molecular complexity index is 1350. The molecule has 0 aliphatic carbocycles. The first kappa shape index (κ1) is 21.8. The fraction of sp³-hybridized carbons (Fsp3) is 0. The normalized spacial score (nSPS) is 10.2. The number of fused-ring (bicyclic) bond motifs is 2. The Hall–Kier alpha value is -4.86. The summed E-state index contributed by atoms with van der Waals surface area (Å²) in [6.07, 6.45) is 1.06. The molecule has 4 aromatic rings. The summed E-state index contributed by atoms with van der Waals surface area (Å²) in [6.45, 7) is 0. The summed E-state index contributed by atoms with van der Waals surface area (Å²) in [5, 5.41) is 36.6. The number of pyridine rings is 2. The second kappa shape index (κ2) is 8.88. The van der Waals surface area contributed by atoms with Crippen LogP contribution in [0.25, 0.3) is 21.7 Å². The molecule has 0 spiro atoms. The second-order valence-electron chi connectivity index (χ2n) is 6.36. The smallest absolute Gasteiger partial charge is 0.355 e. The largest absolute Gasteiger partial charge is 0.478 e. The van der Waals surface area contributed by atoms with Crippen molar-refractivity contribution in [1.82, 2.24) is 9.97 Å². The predicted molar refractivity (Wildman–Crippen MR) is 111 cm³/mol. The molecule has 0 bridgehead atoms. The zero-order chi connectivity index (χ0) is 23.4. The van der Waals surface area contributed by atoms with Crippen LogP contribution in [0.1, 0.15) is 41.7 Å². The van der Waals surface area contributed by atoms with Crippen molar-refractivity contribution < 1.29 is 39.6 Å². The highest BCUT2D eigenvalue weighted by molar-refractivity contribution is 6.09. The van der Waals surface area contributed by atoms with Crippen LogP contribution in [0, 0.1) is 0 Å². The quantitative estimate of drug-likeness (QED) is 0.373. The van der Waals surface area contributed by atoms with Gasteiger partial charge in [-0.05, 0) is 24.3 Å². The van der Waals surface area contributed by atoms with Crippen LogP contribution in [0.5, 0.6) is 0 Å². The molecule has 2 aromatic carbocycles. The first-order valence-electron chi connectivity index (χ1n) is 8.91. The number of benzene rings is 2. The van der Waals surface area contributed by atoms with Gasteiger partial charge in [0, 0.05) is 22.4 Å². The van der Waals surface area contributed by atoms with Crippen LogP contribution in [-0.2, 0) is 0 Å². The van der Waals surface area contributed by atoms with Crippen LogP contribution in [0.15, 0.2) is 60.8 Å². The molecule has 0 aliphatic heterocycles. The van der Waals surface area contributed by atoms with Gasteiger partial charge in [-0.15, -0.1) is 0 Å². The van der Waals surface area contributed by atoms with Crippen molar-refractivity contribution in [2.75, 3.05) is 0 Å². The van der Waals surface area contributed by atoms with Gasteiger partial charge in [0.25, 0.3) is 0 Å². The number of aromatic nitrogens is 2. The van der Waals surface area contributed by atoms with Crippen molar-refractivity contribution >= 4 is 45.6 Å². The van der Waals surface area contributed by atoms with Gasteiger partial charge in [0.15, 0.2) is 5.69 Å². The lowest BCUT2D eigenvalue weighted by Crippen LogP contribution is -2.05. The first-order chi connectivity index (χ1) is 15.2. The molecule has 0 saturated carbocycles. The van der Waals surface area contributed by atoms with Crippen LogP contribution in [0.2, 0.25) is 0 Å². The summed E-state index contributed by atoms with van der Waals surface area (Å²) >= 11 is 0. The Morgan fingerprint density at radius 2 is 1.25 bits per heavy atom. The van der Waals surface area contributed by atoms with Crippen LogP contribution in [-0.4, -0.2) is 54.3 Å². The third-order valence-electron chi connectivity index (χ3n) is 4.41. The number of aromatic carboxylic acids is 4. The number of carboxylic acid groups (broad SMARTS) is 4. The van der Waals surface area contributed by atoms with Gasteiger partial charge < -0.3 is 20.4 Å². The van der Waals surface area contributed by atoms with E-state index in [-0.39, 0.29) is 22.5 Å². The molecule has 10 nitrogen and oxygen atoms in total. The average molecular weight is 434 g/mol. The Morgan fingerprint density at radius 1 is 0.594 bits per heavy atom. The molecule has 4 rings (SSSR count). The van der Waals surface area contributed by atoms with E-state index < -0.39 is 23.9 Å². The minimum atomic E-state index is -1.17. The highest BCUT2D eigenvalue weighted by Gasteiger charge is 2.15. The van der Waals surface area contributed by atoms with Crippen molar-refractivity contribution in [3.8, 4) is 0 Å². The number of carbonyl (C=O) groups is 4. The van der Waals surface area contributed by atoms with E-state index in [4.69, 9.17) is 20.4 Å². The predicted octanol–water partition coefficient (Wildman–Crippen LogP) is 3.26. The summed E-state index contributed by atoms with van der Waals surface area (Å²) in [7, 11) is 0. The fourth-order valence-corrected chi connectivity index (χ4v) is 2.99. The minimum absolute atomic E-state index is 0.000556. The molecule has 2 heterocycles. The maximum atomic E-state index is 10.9. The van der Waals surface area contributed by atoms with E-state index in [0.717, 1.165) is 6.20 Å². The standard InChI is InChI=1S/2C11H7NO4/c13-10(14)7-2-1-3-8-6(7)4-5-9(12-8)11(15)16;13-10(14)8-5-12-9(11(15)16)7-4-2-1-3-6(7)8/h2*1-5H,(H,13,14)(H,15,16). The lowest BCUT2D eigenvalue weighted by atomic mass is 10.1. The van der Waals surface area contributed by atoms with E-state index in [1.165, 1.54) is 30.3 Å². The molecule has 160 valence electrons. The van der Waals surface area contributed by atoms with Gasteiger partial charge in [0.1, 0.15) is 5.69 Å². The Balaban J connectivity index is 0.000000181. The molecule has 0 saturated heterocycles. The zero-order valence-electron chi connectivity index (χ0n) is 16.1. The number of carboxylic acids is 4. The van der Waals surface area contributed by atoms with Crippen LogP contribution >= 0.6 is 0 Å². The van der Waals surface area contributed by atoms with E-state index in [2.05, 4.69) is 9.97 Å². The summed E-state index contributed by atoms with van der Waals surface area (Å²) in [4.78, 5) is 50.9. The lowest BCUT2D eigenvalue weighted by molar-refractivity contribution is 0.0679. The monoisotopic (exact) mass is 434 g/mol. The number of hydrogen-bond donors (Lipinski definition) is 4. The van der Waals surface area contributed by atoms with Crippen LogP contribution in [0.3, 0.4) is 0 Å². The minimum Gasteiger partial charge on any atom is -0.478 e. The Kier molecular flexibility index (Phi) is 6.06. The summed E-state index contributed by atoms with van der Waals surface area (Å²) < 4.78 is 0. The second-order valence-corrected chi connectivity index (χ2v) is 6.36. The lowest BCUT2D eigenvalue weighted by Gasteiger charge is -2.04. The average Bonchev–Trinajstić information content (AvgIpc) is 2.77. The molecule has 0 amide bonds. The van der Waals surface area contributed by atoms with Crippen molar-refractivity contribution in [2.45, 2.75) is 0 Å². The molecule has 0 aliphatic rings. The molecule has 0 unspecified atom stereocenters. The summed E-state index contributed by atoms with van der Waals surface area (Å²) in [5.74, 6) is -4.49. The third kappa shape index (κ3) is 4.33.